The van der Waals surface area contributed by atoms with E-state index >= 15 is 0 Å². The van der Waals surface area contributed by atoms with Gasteiger partial charge in [-0.1, -0.05) is 6.07 Å². The van der Waals surface area contributed by atoms with Gasteiger partial charge in [-0.25, -0.2) is 9.78 Å². The second-order valence-corrected chi connectivity index (χ2v) is 3.59. The smallest absolute Gasteiger partial charge is 0.352 e. The van der Waals surface area contributed by atoms with Crippen LogP contribution in [0.4, 0.5) is 5.82 Å². The molecule has 2 N–H and O–H groups in total. The minimum absolute atomic E-state index is 0.0643. The number of nitrogens with zero attached hydrogens (tertiary/aromatic N) is 2. The molecular weight excluding hydrogens is 234 g/mol. The fraction of sp³-hybridized carbons (Fsp3) is 0.0833. The van der Waals surface area contributed by atoms with Crippen LogP contribution in [-0.2, 0) is 11.3 Å². The molecule has 2 rings (SSSR count). The highest BCUT2D eigenvalue weighted by Gasteiger charge is 2.11. The van der Waals surface area contributed by atoms with E-state index in [2.05, 4.69) is 10.3 Å². The summed E-state index contributed by atoms with van der Waals surface area (Å²) >= 11 is 0. The Balaban J connectivity index is 2.04. The van der Waals surface area contributed by atoms with Gasteiger partial charge in [-0.15, -0.1) is 0 Å². The van der Waals surface area contributed by atoms with Crippen molar-refractivity contribution in [3.63, 3.8) is 0 Å². The summed E-state index contributed by atoms with van der Waals surface area (Å²) in [6.45, 7) is -0.0643. The number of carbonyl (C=O) groups excluding carboxylic acids is 1. The van der Waals surface area contributed by atoms with Crippen molar-refractivity contribution in [1.82, 2.24) is 9.55 Å². The Bertz CT molecular complexity index is 563. The van der Waals surface area contributed by atoms with Gasteiger partial charge in [0.1, 0.15) is 18.1 Å². The normalized spacial score (nSPS) is 10.0. The first kappa shape index (κ1) is 11.8. The predicted octanol–water partition coefficient (Wildman–Crippen LogP) is 1.22. The number of aromatic carboxylic acids is 1. The van der Waals surface area contributed by atoms with Gasteiger partial charge in [0, 0.05) is 12.4 Å². The molecule has 2 aromatic heterocycles. The van der Waals surface area contributed by atoms with Crippen molar-refractivity contribution >= 4 is 17.7 Å². The lowest BCUT2D eigenvalue weighted by Crippen LogP contribution is -2.21. The quantitative estimate of drug-likeness (QED) is 0.848. The van der Waals surface area contributed by atoms with Crippen molar-refractivity contribution in [3.8, 4) is 0 Å². The van der Waals surface area contributed by atoms with Crippen LogP contribution in [0.25, 0.3) is 0 Å². The molecule has 0 aliphatic carbocycles. The third-order valence-corrected chi connectivity index (χ3v) is 2.29. The Hall–Kier alpha value is -2.63. The maximum absolute atomic E-state index is 11.7. The number of rotatable bonds is 4. The first-order valence-corrected chi connectivity index (χ1v) is 5.26. The molecule has 92 valence electrons. The highest BCUT2D eigenvalue weighted by atomic mass is 16.4. The predicted molar refractivity (Wildman–Crippen MR) is 64.3 cm³/mol. The highest BCUT2D eigenvalue weighted by molar-refractivity contribution is 5.91. The first-order valence-electron chi connectivity index (χ1n) is 5.26. The zero-order valence-corrected chi connectivity index (χ0v) is 9.41. The van der Waals surface area contributed by atoms with Gasteiger partial charge < -0.3 is 15.0 Å². The largest absolute Gasteiger partial charge is 0.477 e. The number of carboxylic acid groups (broad SMARTS) is 1. The summed E-state index contributed by atoms with van der Waals surface area (Å²) in [5, 5.41) is 11.5. The minimum atomic E-state index is -1.06. The number of carbonyl (C=O) groups is 2. The zero-order chi connectivity index (χ0) is 13.0. The summed E-state index contributed by atoms with van der Waals surface area (Å²) in [5.41, 5.74) is 0.0752. The molecule has 0 fully saturated rings. The van der Waals surface area contributed by atoms with E-state index in [-0.39, 0.29) is 18.1 Å². The molecule has 0 spiro atoms. The number of hydrogen-bond acceptors (Lipinski definition) is 3. The van der Waals surface area contributed by atoms with E-state index in [9.17, 15) is 9.59 Å². The summed E-state index contributed by atoms with van der Waals surface area (Å²) in [5.74, 6) is -0.954. The van der Waals surface area contributed by atoms with Gasteiger partial charge in [0.25, 0.3) is 0 Å². The Morgan fingerprint density at radius 1 is 1.28 bits per heavy atom. The number of carboxylic acids is 1. The topological polar surface area (TPSA) is 84.2 Å². The summed E-state index contributed by atoms with van der Waals surface area (Å²) in [6.07, 6.45) is 3.11. The number of hydrogen-bond donors (Lipinski definition) is 2. The molecule has 0 unspecified atom stereocenters. The average molecular weight is 245 g/mol. The Morgan fingerprint density at radius 2 is 2.11 bits per heavy atom. The van der Waals surface area contributed by atoms with Crippen molar-refractivity contribution in [3.05, 3.63) is 48.4 Å². The van der Waals surface area contributed by atoms with Gasteiger partial charge in [0.05, 0.1) is 0 Å². The number of anilines is 1. The molecule has 18 heavy (non-hydrogen) atoms. The summed E-state index contributed by atoms with van der Waals surface area (Å²) in [6, 6.07) is 8.17. The average Bonchev–Trinajstić information content (AvgIpc) is 2.78. The Kier molecular flexibility index (Phi) is 3.38. The molecule has 0 aliphatic rings. The van der Waals surface area contributed by atoms with Crippen LogP contribution in [0, 0.1) is 0 Å². The molecule has 2 heterocycles. The number of aromatic nitrogens is 2. The SMILES string of the molecule is O=C(Cn1cccc1C(=O)O)Nc1ccccn1. The van der Waals surface area contributed by atoms with E-state index in [1.807, 2.05) is 0 Å². The van der Waals surface area contributed by atoms with Crippen molar-refractivity contribution < 1.29 is 14.7 Å². The van der Waals surface area contributed by atoms with Crippen LogP contribution < -0.4 is 5.32 Å². The van der Waals surface area contributed by atoms with Gasteiger partial charge in [-0.3, -0.25) is 4.79 Å². The van der Waals surface area contributed by atoms with Crippen LogP contribution in [-0.4, -0.2) is 26.5 Å². The summed E-state index contributed by atoms with van der Waals surface area (Å²) in [7, 11) is 0. The van der Waals surface area contributed by atoms with Crippen molar-refractivity contribution in [1.29, 1.82) is 0 Å². The molecule has 6 heteroatoms. The van der Waals surface area contributed by atoms with Gasteiger partial charge in [0.2, 0.25) is 5.91 Å². The van der Waals surface area contributed by atoms with E-state index in [0.29, 0.717) is 5.82 Å². The monoisotopic (exact) mass is 245 g/mol. The van der Waals surface area contributed by atoms with Crippen LogP contribution >= 0.6 is 0 Å². The maximum atomic E-state index is 11.7. The molecule has 2 aromatic rings. The molecular formula is C12H11N3O3. The zero-order valence-electron chi connectivity index (χ0n) is 9.41. The molecule has 0 aromatic carbocycles. The van der Waals surface area contributed by atoms with Crippen molar-refractivity contribution in [2.75, 3.05) is 5.32 Å². The van der Waals surface area contributed by atoms with E-state index in [1.165, 1.54) is 10.6 Å². The standard InChI is InChI=1S/C12H11N3O3/c16-11(14-10-5-1-2-6-13-10)8-15-7-3-4-9(15)12(17)18/h1-7H,8H2,(H,17,18)(H,13,14,16). The molecule has 6 nitrogen and oxygen atoms in total. The lowest BCUT2D eigenvalue weighted by molar-refractivity contribution is -0.116. The summed E-state index contributed by atoms with van der Waals surface area (Å²) < 4.78 is 1.36. The molecule has 0 aliphatic heterocycles. The third kappa shape index (κ3) is 2.73. The van der Waals surface area contributed by atoms with Crippen LogP contribution in [0.15, 0.2) is 42.7 Å². The second-order valence-electron chi connectivity index (χ2n) is 3.59. The lowest BCUT2D eigenvalue weighted by atomic mass is 10.4. The molecule has 0 saturated heterocycles. The highest BCUT2D eigenvalue weighted by Crippen LogP contribution is 2.04. The van der Waals surface area contributed by atoms with Crippen LogP contribution in [0.2, 0.25) is 0 Å². The fourth-order valence-electron chi connectivity index (χ4n) is 1.52. The number of amides is 1. The molecule has 0 saturated carbocycles. The molecule has 0 bridgehead atoms. The van der Waals surface area contributed by atoms with Gasteiger partial charge in [-0.2, -0.15) is 0 Å². The minimum Gasteiger partial charge on any atom is -0.477 e. The van der Waals surface area contributed by atoms with E-state index in [0.717, 1.165) is 0 Å². The molecule has 0 atom stereocenters. The Morgan fingerprint density at radius 3 is 2.78 bits per heavy atom. The van der Waals surface area contributed by atoms with E-state index in [1.54, 1.807) is 36.7 Å². The fourth-order valence-corrected chi connectivity index (χ4v) is 1.52. The van der Waals surface area contributed by atoms with Crippen LogP contribution in [0.1, 0.15) is 10.5 Å². The van der Waals surface area contributed by atoms with Crippen LogP contribution in [0.5, 0.6) is 0 Å². The van der Waals surface area contributed by atoms with E-state index in [4.69, 9.17) is 5.11 Å². The van der Waals surface area contributed by atoms with Crippen molar-refractivity contribution in [2.45, 2.75) is 6.54 Å². The second kappa shape index (κ2) is 5.13. The molecule has 1 amide bonds. The van der Waals surface area contributed by atoms with Crippen LogP contribution in [0.3, 0.4) is 0 Å². The number of pyridine rings is 1. The maximum Gasteiger partial charge on any atom is 0.352 e. The number of nitrogens with one attached hydrogen (secondary N) is 1. The Labute approximate surface area is 103 Å². The summed E-state index contributed by atoms with van der Waals surface area (Å²) in [4.78, 5) is 26.5. The van der Waals surface area contributed by atoms with Gasteiger partial charge in [0.15, 0.2) is 0 Å². The van der Waals surface area contributed by atoms with Gasteiger partial charge >= 0.3 is 5.97 Å². The van der Waals surface area contributed by atoms with Crippen molar-refractivity contribution in [2.24, 2.45) is 0 Å². The molecule has 0 radical (unpaired) electrons. The van der Waals surface area contributed by atoms with Gasteiger partial charge in [-0.05, 0) is 24.3 Å². The third-order valence-electron chi connectivity index (χ3n) is 2.29. The lowest BCUT2D eigenvalue weighted by Gasteiger charge is -2.06. The first-order chi connectivity index (χ1) is 8.66. The van der Waals surface area contributed by atoms with E-state index < -0.39 is 5.97 Å².